The number of anilines is 1. The van der Waals surface area contributed by atoms with Gasteiger partial charge in [0.2, 0.25) is 0 Å². The highest BCUT2D eigenvalue weighted by atomic mass is 79.9. The molecule has 25 heavy (non-hydrogen) atoms. The van der Waals surface area contributed by atoms with E-state index in [2.05, 4.69) is 37.2 Å². The highest BCUT2D eigenvalue weighted by Gasteiger charge is 2.39. The van der Waals surface area contributed by atoms with Gasteiger partial charge in [0.15, 0.2) is 0 Å². The lowest BCUT2D eigenvalue weighted by atomic mass is 9.96. The molecule has 4 rings (SSSR count). The molecule has 2 aromatic rings. The van der Waals surface area contributed by atoms with Gasteiger partial charge in [-0.15, -0.1) is 0 Å². The maximum Gasteiger partial charge on any atom is 0.294 e. The van der Waals surface area contributed by atoms with Crippen LogP contribution in [-0.4, -0.2) is 43.6 Å². The molecule has 2 aliphatic heterocycles. The van der Waals surface area contributed by atoms with Crippen molar-refractivity contribution in [2.24, 2.45) is 5.92 Å². The predicted molar refractivity (Wildman–Crippen MR) is 100 cm³/mol. The molecule has 0 amide bonds. The Morgan fingerprint density at radius 3 is 2.44 bits per heavy atom. The van der Waals surface area contributed by atoms with E-state index in [1.807, 2.05) is 19.3 Å². The van der Waals surface area contributed by atoms with Crippen molar-refractivity contribution in [3.63, 3.8) is 0 Å². The van der Waals surface area contributed by atoms with E-state index in [1.54, 1.807) is 12.1 Å². The minimum absolute atomic E-state index is 0.0666. The van der Waals surface area contributed by atoms with Gasteiger partial charge in [-0.25, -0.2) is 0 Å². The van der Waals surface area contributed by atoms with E-state index in [0.29, 0.717) is 6.04 Å². The van der Waals surface area contributed by atoms with Gasteiger partial charge in [0.25, 0.3) is 10.1 Å². The summed E-state index contributed by atoms with van der Waals surface area (Å²) in [6, 6.07) is 8.84. The van der Waals surface area contributed by atoms with Gasteiger partial charge in [0, 0.05) is 42.3 Å². The van der Waals surface area contributed by atoms with Crippen LogP contribution in [0, 0.1) is 12.8 Å². The maximum absolute atomic E-state index is 10.5. The standard InChI is InChI=1S/C10H12BrN3.C7H8O3S/c11-8-1-9(4-12-3-8)14-5-7-2-13-10(7)6-14;1-6-2-4-7(5-3-6)11(8,9)10/h1,3-4,7,10,13H,2,5-6H2;2-5H,1H3,(H,8,9,10)/t7-,10+;/m1./s1. The van der Waals surface area contributed by atoms with Crippen LogP contribution < -0.4 is 10.2 Å². The average Bonchev–Trinajstić information content (AvgIpc) is 2.83. The second-order valence-corrected chi connectivity index (χ2v) is 8.67. The second-order valence-electron chi connectivity index (χ2n) is 6.33. The molecular weight excluding hydrogens is 406 g/mol. The molecule has 0 radical (unpaired) electrons. The van der Waals surface area contributed by atoms with Gasteiger partial charge in [0.05, 0.1) is 16.8 Å². The first-order valence-electron chi connectivity index (χ1n) is 7.96. The Balaban J connectivity index is 0.000000151. The smallest absolute Gasteiger partial charge is 0.294 e. The van der Waals surface area contributed by atoms with E-state index < -0.39 is 10.1 Å². The molecule has 2 N–H and O–H groups in total. The molecule has 3 heterocycles. The monoisotopic (exact) mass is 425 g/mol. The van der Waals surface area contributed by atoms with Crippen molar-refractivity contribution in [1.29, 1.82) is 0 Å². The molecule has 6 nitrogen and oxygen atoms in total. The number of rotatable bonds is 2. The van der Waals surface area contributed by atoms with Gasteiger partial charge < -0.3 is 10.2 Å². The van der Waals surface area contributed by atoms with Crippen LogP contribution in [0.3, 0.4) is 0 Å². The Kier molecular flexibility index (Phi) is 5.43. The third-order valence-corrected chi connectivity index (χ3v) is 5.76. The topological polar surface area (TPSA) is 82.5 Å². The summed E-state index contributed by atoms with van der Waals surface area (Å²) in [4.78, 5) is 6.53. The predicted octanol–water partition coefficient (Wildman–Crippen LogP) is 2.49. The Bertz CT molecular complexity index is 830. The molecule has 0 aliphatic carbocycles. The van der Waals surface area contributed by atoms with Gasteiger partial charge in [-0.1, -0.05) is 17.7 Å². The first-order valence-corrected chi connectivity index (χ1v) is 10.2. The molecule has 0 unspecified atom stereocenters. The number of halogens is 1. The molecule has 0 spiro atoms. The molecular formula is C17H20BrN3O3S. The van der Waals surface area contributed by atoms with Crippen LogP contribution in [0.5, 0.6) is 0 Å². The number of hydrogen-bond donors (Lipinski definition) is 2. The largest absolute Gasteiger partial charge is 0.368 e. The normalized spacial score (nSPS) is 21.8. The summed E-state index contributed by atoms with van der Waals surface area (Å²) in [5.41, 5.74) is 2.19. The van der Waals surface area contributed by atoms with Crippen LogP contribution in [0.1, 0.15) is 5.56 Å². The van der Waals surface area contributed by atoms with E-state index in [9.17, 15) is 8.42 Å². The molecule has 2 aliphatic rings. The van der Waals surface area contributed by atoms with Gasteiger partial charge in [-0.2, -0.15) is 8.42 Å². The van der Waals surface area contributed by atoms with Crippen molar-refractivity contribution in [1.82, 2.24) is 10.3 Å². The van der Waals surface area contributed by atoms with E-state index in [1.165, 1.54) is 30.9 Å². The van der Waals surface area contributed by atoms with Crippen LogP contribution in [0.4, 0.5) is 5.69 Å². The number of nitrogens with zero attached hydrogens (tertiary/aromatic N) is 2. The summed E-state index contributed by atoms with van der Waals surface area (Å²) in [5, 5.41) is 3.45. The van der Waals surface area contributed by atoms with E-state index >= 15 is 0 Å². The molecule has 134 valence electrons. The number of aromatic nitrogens is 1. The summed E-state index contributed by atoms with van der Waals surface area (Å²) in [7, 11) is -4.02. The van der Waals surface area contributed by atoms with Crippen molar-refractivity contribution in [3.05, 3.63) is 52.8 Å². The zero-order valence-electron chi connectivity index (χ0n) is 13.8. The lowest BCUT2D eigenvalue weighted by Crippen LogP contribution is -2.51. The minimum Gasteiger partial charge on any atom is -0.368 e. The van der Waals surface area contributed by atoms with Crippen molar-refractivity contribution < 1.29 is 13.0 Å². The molecule has 1 aromatic carbocycles. The quantitative estimate of drug-likeness (QED) is 0.719. The van der Waals surface area contributed by atoms with Crippen LogP contribution >= 0.6 is 15.9 Å². The summed E-state index contributed by atoms with van der Waals surface area (Å²) in [5.74, 6) is 0.856. The number of benzene rings is 1. The SMILES string of the molecule is Brc1cncc(N2C[C@H]3CN[C@H]3C2)c1.Cc1ccc(S(=O)(=O)O)cc1. The van der Waals surface area contributed by atoms with Crippen LogP contribution in [0.2, 0.25) is 0 Å². The first kappa shape index (κ1) is 18.3. The number of pyridine rings is 1. The van der Waals surface area contributed by atoms with E-state index in [0.717, 1.165) is 22.5 Å². The first-order chi connectivity index (χ1) is 11.8. The number of aryl methyl sites for hydroxylation is 1. The van der Waals surface area contributed by atoms with Crippen LogP contribution in [0.15, 0.2) is 52.1 Å². The van der Waals surface area contributed by atoms with Crippen molar-refractivity contribution in [3.8, 4) is 0 Å². The molecule has 8 heteroatoms. The summed E-state index contributed by atoms with van der Waals surface area (Å²) in [6.07, 6.45) is 3.77. The fourth-order valence-corrected chi connectivity index (χ4v) is 3.78. The lowest BCUT2D eigenvalue weighted by Gasteiger charge is -2.29. The van der Waals surface area contributed by atoms with Crippen LogP contribution in [-0.2, 0) is 10.1 Å². The van der Waals surface area contributed by atoms with Gasteiger partial charge in [-0.05, 0) is 41.1 Å². The number of hydrogen-bond acceptors (Lipinski definition) is 5. The maximum atomic E-state index is 10.5. The zero-order chi connectivity index (χ0) is 18.0. The average molecular weight is 426 g/mol. The third kappa shape index (κ3) is 4.58. The van der Waals surface area contributed by atoms with Gasteiger partial charge >= 0.3 is 0 Å². The number of nitrogens with one attached hydrogen (secondary N) is 1. The molecule has 0 saturated carbocycles. The van der Waals surface area contributed by atoms with Crippen molar-refractivity contribution in [2.45, 2.75) is 17.9 Å². The van der Waals surface area contributed by atoms with Crippen LogP contribution in [0.25, 0.3) is 0 Å². The lowest BCUT2D eigenvalue weighted by molar-refractivity contribution is 0.297. The van der Waals surface area contributed by atoms with E-state index in [4.69, 9.17) is 4.55 Å². The third-order valence-electron chi connectivity index (χ3n) is 4.46. The summed E-state index contributed by atoms with van der Waals surface area (Å²) >= 11 is 3.45. The highest BCUT2D eigenvalue weighted by molar-refractivity contribution is 9.10. The molecule has 1 aromatic heterocycles. The Morgan fingerprint density at radius 2 is 1.96 bits per heavy atom. The second kappa shape index (κ2) is 7.41. The van der Waals surface area contributed by atoms with Gasteiger partial charge in [0.1, 0.15) is 0 Å². The molecule has 2 fully saturated rings. The fourth-order valence-electron chi connectivity index (χ4n) is 2.95. The Hall–Kier alpha value is -1.48. The van der Waals surface area contributed by atoms with Gasteiger partial charge in [-0.3, -0.25) is 9.54 Å². The Labute approximate surface area is 156 Å². The van der Waals surface area contributed by atoms with E-state index in [-0.39, 0.29) is 4.90 Å². The summed E-state index contributed by atoms with van der Waals surface area (Å²) < 4.78 is 30.6. The molecule has 2 saturated heterocycles. The molecule has 0 bridgehead atoms. The summed E-state index contributed by atoms with van der Waals surface area (Å²) in [6.45, 7) is 5.33. The van der Waals surface area contributed by atoms with Crippen molar-refractivity contribution in [2.75, 3.05) is 24.5 Å². The molecule has 2 atom stereocenters. The highest BCUT2D eigenvalue weighted by Crippen LogP contribution is 2.28. The minimum atomic E-state index is -4.02. The fraction of sp³-hybridized carbons (Fsp3) is 0.353. The number of fused-ring (bicyclic) bond motifs is 1. The zero-order valence-corrected chi connectivity index (χ0v) is 16.2. The van der Waals surface area contributed by atoms with Crippen molar-refractivity contribution >= 4 is 31.7 Å². The Morgan fingerprint density at radius 1 is 1.24 bits per heavy atom.